The molecule has 144 valence electrons. The number of amides is 1. The van der Waals surface area contributed by atoms with Crippen molar-refractivity contribution in [1.29, 1.82) is 0 Å². The predicted octanol–water partition coefficient (Wildman–Crippen LogP) is 4.47. The first kappa shape index (κ1) is 22.1. The van der Waals surface area contributed by atoms with E-state index in [1.54, 1.807) is 6.07 Å². The van der Waals surface area contributed by atoms with Crippen LogP contribution in [-0.4, -0.2) is 12.5 Å². The summed E-state index contributed by atoms with van der Waals surface area (Å²) >= 11 is 0. The topological polar surface area (TPSA) is 77.5 Å². The lowest BCUT2D eigenvalue weighted by Crippen LogP contribution is -2.29. The lowest BCUT2D eigenvalue weighted by molar-refractivity contribution is 0.0930. The molecule has 0 radical (unpaired) electrons. The number of nitrogens with two attached hydrogens (primary N) is 1. The highest BCUT2D eigenvalue weighted by Gasteiger charge is 2.21. The molecular weight excluding hydrogens is 352 g/mol. The lowest BCUT2D eigenvalue weighted by atomic mass is 9.96. The molecule has 1 amide bonds. The summed E-state index contributed by atoms with van der Waals surface area (Å²) in [5.74, 6) is 1.68. The van der Waals surface area contributed by atoms with Gasteiger partial charge in [0.15, 0.2) is 0 Å². The summed E-state index contributed by atoms with van der Waals surface area (Å²) in [4.78, 5) is 12.6. The lowest BCUT2D eigenvalue weighted by Gasteiger charge is -2.23. The van der Waals surface area contributed by atoms with Crippen LogP contribution in [0.25, 0.3) is 0 Å². The molecular formula is C20H29ClN2O3. The highest BCUT2D eigenvalue weighted by molar-refractivity contribution is 5.94. The first-order chi connectivity index (χ1) is 12.0. The maximum atomic E-state index is 12.6. The van der Waals surface area contributed by atoms with E-state index in [1.165, 1.54) is 6.26 Å². The summed E-state index contributed by atoms with van der Waals surface area (Å²) in [6.07, 6.45) is 3.20. The highest BCUT2D eigenvalue weighted by Crippen LogP contribution is 2.30. The van der Waals surface area contributed by atoms with Gasteiger partial charge >= 0.3 is 0 Å². The van der Waals surface area contributed by atoms with Crippen molar-refractivity contribution in [2.24, 2.45) is 11.7 Å². The fourth-order valence-corrected chi connectivity index (χ4v) is 2.70. The largest absolute Gasteiger partial charge is 0.493 e. The van der Waals surface area contributed by atoms with Crippen LogP contribution < -0.4 is 15.8 Å². The molecule has 1 heterocycles. The Bertz CT molecular complexity index is 685. The molecule has 2 rings (SSSR count). The minimum atomic E-state index is -0.167. The van der Waals surface area contributed by atoms with E-state index < -0.39 is 0 Å². The Balaban J connectivity index is 0.00000338. The molecule has 3 N–H and O–H groups in total. The minimum Gasteiger partial charge on any atom is -0.493 e. The van der Waals surface area contributed by atoms with Crippen LogP contribution >= 0.6 is 12.4 Å². The molecule has 6 heteroatoms. The van der Waals surface area contributed by atoms with Crippen molar-refractivity contribution < 1.29 is 13.9 Å². The van der Waals surface area contributed by atoms with Crippen LogP contribution in [-0.2, 0) is 6.54 Å². The van der Waals surface area contributed by atoms with Gasteiger partial charge in [0.25, 0.3) is 5.91 Å². The fraction of sp³-hybridized carbons (Fsp3) is 0.450. The number of hydrogen-bond donors (Lipinski definition) is 2. The van der Waals surface area contributed by atoms with Gasteiger partial charge in [0, 0.05) is 5.56 Å². The normalized spacial score (nSPS) is 11.7. The van der Waals surface area contributed by atoms with Crippen LogP contribution in [0.2, 0.25) is 0 Å². The van der Waals surface area contributed by atoms with Gasteiger partial charge in [-0.1, -0.05) is 39.0 Å². The standard InChI is InChI=1S/C20H28N2O3.ClH/c1-4-9-24-19-8-6-5-7-17(19)18(10-14(2)3)22-20(23)15-11-16(12-21)25-13-15;/h5-8,11,13-14,18H,4,9-10,12,21H2,1-3H3,(H,22,23);1H. The number of benzene rings is 1. The quantitative estimate of drug-likeness (QED) is 0.672. The molecule has 0 bridgehead atoms. The van der Waals surface area contributed by atoms with Crippen molar-refractivity contribution in [2.75, 3.05) is 6.61 Å². The molecule has 0 spiro atoms. The van der Waals surface area contributed by atoms with E-state index in [4.69, 9.17) is 14.9 Å². The van der Waals surface area contributed by atoms with Crippen LogP contribution in [0.15, 0.2) is 41.0 Å². The van der Waals surface area contributed by atoms with Crippen LogP contribution in [0.5, 0.6) is 5.75 Å². The number of carbonyl (C=O) groups is 1. The molecule has 1 unspecified atom stereocenters. The van der Waals surface area contributed by atoms with Crippen LogP contribution in [0.3, 0.4) is 0 Å². The average molecular weight is 381 g/mol. The molecule has 2 aromatic rings. The molecule has 0 saturated carbocycles. The number of ether oxygens (including phenoxy) is 1. The molecule has 0 fully saturated rings. The number of para-hydroxylation sites is 1. The van der Waals surface area contributed by atoms with Gasteiger partial charge in [-0.25, -0.2) is 0 Å². The minimum absolute atomic E-state index is 0. The first-order valence-corrected chi connectivity index (χ1v) is 8.85. The SMILES string of the molecule is CCCOc1ccccc1C(CC(C)C)NC(=O)c1coc(CN)c1.Cl. The number of carbonyl (C=O) groups excluding carboxylic acids is 1. The maximum Gasteiger partial charge on any atom is 0.255 e. The van der Waals surface area contributed by atoms with Crippen LogP contribution in [0, 0.1) is 5.92 Å². The fourth-order valence-electron chi connectivity index (χ4n) is 2.70. The van der Waals surface area contributed by atoms with Gasteiger partial charge in [-0.15, -0.1) is 12.4 Å². The van der Waals surface area contributed by atoms with Gasteiger partial charge in [0.1, 0.15) is 17.8 Å². The molecule has 0 aliphatic rings. The van der Waals surface area contributed by atoms with E-state index >= 15 is 0 Å². The van der Waals surface area contributed by atoms with Gasteiger partial charge in [0.2, 0.25) is 0 Å². The van der Waals surface area contributed by atoms with Gasteiger partial charge in [-0.05, 0) is 30.9 Å². The third-order valence-electron chi connectivity index (χ3n) is 3.89. The summed E-state index contributed by atoms with van der Waals surface area (Å²) in [5, 5.41) is 3.12. The first-order valence-electron chi connectivity index (χ1n) is 8.85. The molecule has 5 nitrogen and oxygen atoms in total. The Morgan fingerprint density at radius 2 is 2.04 bits per heavy atom. The number of halogens is 1. The second-order valence-electron chi connectivity index (χ2n) is 6.55. The maximum absolute atomic E-state index is 12.6. The summed E-state index contributed by atoms with van der Waals surface area (Å²) in [5.41, 5.74) is 7.03. The zero-order chi connectivity index (χ0) is 18.2. The Hall–Kier alpha value is -1.98. The zero-order valence-corrected chi connectivity index (χ0v) is 16.5. The van der Waals surface area contributed by atoms with Crippen LogP contribution in [0.4, 0.5) is 0 Å². The van der Waals surface area contributed by atoms with E-state index in [1.807, 2.05) is 24.3 Å². The van der Waals surface area contributed by atoms with Gasteiger partial charge in [-0.2, -0.15) is 0 Å². The molecule has 26 heavy (non-hydrogen) atoms. The molecule has 1 aromatic heterocycles. The van der Waals surface area contributed by atoms with Crippen molar-refractivity contribution in [3.8, 4) is 5.75 Å². The van der Waals surface area contributed by atoms with Gasteiger partial charge in [-0.3, -0.25) is 4.79 Å². The second-order valence-corrected chi connectivity index (χ2v) is 6.55. The summed E-state index contributed by atoms with van der Waals surface area (Å²) in [6.45, 7) is 7.28. The number of nitrogens with one attached hydrogen (secondary N) is 1. The number of furan rings is 1. The average Bonchev–Trinajstić information content (AvgIpc) is 3.08. The van der Waals surface area contributed by atoms with Crippen molar-refractivity contribution >= 4 is 18.3 Å². The van der Waals surface area contributed by atoms with E-state index in [0.29, 0.717) is 23.8 Å². The molecule has 1 atom stereocenters. The zero-order valence-electron chi connectivity index (χ0n) is 15.7. The third kappa shape index (κ3) is 6.07. The molecule has 1 aromatic carbocycles. The van der Waals surface area contributed by atoms with E-state index in [0.717, 1.165) is 24.2 Å². The summed E-state index contributed by atoms with van der Waals surface area (Å²) < 4.78 is 11.1. The summed E-state index contributed by atoms with van der Waals surface area (Å²) in [7, 11) is 0. The molecule has 0 aliphatic carbocycles. The van der Waals surface area contributed by atoms with Crippen molar-refractivity contribution in [3.63, 3.8) is 0 Å². The highest BCUT2D eigenvalue weighted by atomic mass is 35.5. The molecule has 0 aliphatic heterocycles. The van der Waals surface area contributed by atoms with Crippen molar-refractivity contribution in [3.05, 3.63) is 53.5 Å². The Labute approximate surface area is 161 Å². The molecule has 0 saturated heterocycles. The van der Waals surface area contributed by atoms with Crippen molar-refractivity contribution in [2.45, 2.75) is 46.2 Å². The van der Waals surface area contributed by atoms with Crippen molar-refractivity contribution in [1.82, 2.24) is 5.32 Å². The van der Waals surface area contributed by atoms with E-state index in [-0.39, 0.29) is 30.9 Å². The number of hydrogen-bond acceptors (Lipinski definition) is 4. The Kier molecular flexibility index (Phi) is 9.24. The van der Waals surface area contributed by atoms with E-state index in [9.17, 15) is 4.79 Å². The Morgan fingerprint density at radius 3 is 2.65 bits per heavy atom. The van der Waals surface area contributed by atoms with E-state index in [2.05, 4.69) is 26.1 Å². The van der Waals surface area contributed by atoms with Gasteiger partial charge in [0.05, 0.1) is 24.8 Å². The summed E-state index contributed by atoms with van der Waals surface area (Å²) in [6, 6.07) is 9.44. The van der Waals surface area contributed by atoms with Crippen LogP contribution in [0.1, 0.15) is 61.3 Å². The predicted molar refractivity (Wildman–Crippen MR) is 106 cm³/mol. The second kappa shape index (κ2) is 10.9. The smallest absolute Gasteiger partial charge is 0.255 e. The van der Waals surface area contributed by atoms with Gasteiger partial charge < -0.3 is 20.2 Å². The monoisotopic (exact) mass is 380 g/mol. The number of rotatable bonds is 9. The Morgan fingerprint density at radius 1 is 1.31 bits per heavy atom. The third-order valence-corrected chi connectivity index (χ3v) is 3.89.